The van der Waals surface area contributed by atoms with Crippen LogP contribution in [0.25, 0.3) is 0 Å². The maximum Gasteiger partial charge on any atom is 0.326 e. The van der Waals surface area contributed by atoms with Gasteiger partial charge in [0, 0.05) is 6.42 Å². The van der Waals surface area contributed by atoms with Crippen molar-refractivity contribution < 1.29 is 24.3 Å². The maximum absolute atomic E-state index is 11.9. The molecule has 0 fully saturated rings. The number of aliphatic carboxylic acids is 1. The van der Waals surface area contributed by atoms with Crippen LogP contribution < -0.4 is 22.1 Å². The van der Waals surface area contributed by atoms with Crippen LogP contribution in [0.5, 0.6) is 0 Å². The summed E-state index contributed by atoms with van der Waals surface area (Å²) in [6.07, 6.45) is 0.0306. The molecule has 7 N–H and O–H groups in total. The summed E-state index contributed by atoms with van der Waals surface area (Å²) in [5.74, 6) is -3.27. The molecule has 0 aromatic carbocycles. The van der Waals surface area contributed by atoms with Crippen LogP contribution >= 0.6 is 0 Å². The molecule has 0 aliphatic heterocycles. The Morgan fingerprint density at radius 3 is 2.00 bits per heavy atom. The van der Waals surface area contributed by atoms with Crippen molar-refractivity contribution in [1.82, 2.24) is 10.6 Å². The van der Waals surface area contributed by atoms with E-state index in [2.05, 4.69) is 10.6 Å². The number of carbonyl (C=O) groups is 4. The Bertz CT molecular complexity index is 438. The van der Waals surface area contributed by atoms with E-state index in [1.54, 1.807) is 13.8 Å². The van der Waals surface area contributed by atoms with E-state index in [-0.39, 0.29) is 18.8 Å². The highest BCUT2D eigenvalue weighted by atomic mass is 16.4. The number of nitrogens with two attached hydrogens (primary N) is 2. The average molecular weight is 316 g/mol. The average Bonchev–Trinajstić information content (AvgIpc) is 2.40. The lowest BCUT2D eigenvalue weighted by atomic mass is 10.0. The summed E-state index contributed by atoms with van der Waals surface area (Å²) in [6.45, 7) is 4.72. The molecule has 22 heavy (non-hydrogen) atoms. The SMILES string of the molecule is CC(NC(=O)C(N)CCC(N)=O)C(=O)NC(C(=O)O)C(C)C. The molecule has 3 atom stereocenters. The second-order valence-electron chi connectivity index (χ2n) is 5.41. The van der Waals surface area contributed by atoms with E-state index in [0.717, 1.165) is 0 Å². The van der Waals surface area contributed by atoms with Crippen LogP contribution in [0.2, 0.25) is 0 Å². The Labute approximate surface area is 128 Å². The van der Waals surface area contributed by atoms with Crippen LogP contribution in [0, 0.1) is 5.92 Å². The largest absolute Gasteiger partial charge is 0.480 e. The third kappa shape index (κ3) is 7.02. The van der Waals surface area contributed by atoms with Gasteiger partial charge in [0.1, 0.15) is 12.1 Å². The minimum atomic E-state index is -1.15. The van der Waals surface area contributed by atoms with Crippen molar-refractivity contribution in [1.29, 1.82) is 0 Å². The molecule has 3 unspecified atom stereocenters. The Morgan fingerprint density at radius 2 is 1.59 bits per heavy atom. The zero-order valence-electron chi connectivity index (χ0n) is 13.0. The van der Waals surface area contributed by atoms with Gasteiger partial charge in [-0.3, -0.25) is 14.4 Å². The van der Waals surface area contributed by atoms with E-state index in [9.17, 15) is 19.2 Å². The topological polar surface area (TPSA) is 165 Å². The molecule has 0 bridgehead atoms. The molecule has 0 spiro atoms. The third-order valence-corrected chi connectivity index (χ3v) is 3.02. The summed E-state index contributed by atoms with van der Waals surface area (Å²) in [6, 6.07) is -2.97. The summed E-state index contributed by atoms with van der Waals surface area (Å²) >= 11 is 0. The standard InChI is InChI=1S/C13H24N4O5/c1-6(2)10(13(21)22)17-11(19)7(3)16-12(20)8(14)4-5-9(15)18/h6-8,10H,4-5,14H2,1-3H3,(H2,15,18)(H,16,20)(H,17,19)(H,21,22). The van der Waals surface area contributed by atoms with Crippen molar-refractivity contribution >= 4 is 23.7 Å². The number of nitrogens with one attached hydrogen (secondary N) is 2. The van der Waals surface area contributed by atoms with Crippen molar-refractivity contribution in [2.75, 3.05) is 0 Å². The minimum Gasteiger partial charge on any atom is -0.480 e. The monoisotopic (exact) mass is 316 g/mol. The summed E-state index contributed by atoms with van der Waals surface area (Å²) in [4.78, 5) is 45.3. The van der Waals surface area contributed by atoms with Gasteiger partial charge in [-0.05, 0) is 19.3 Å². The first kappa shape index (κ1) is 19.8. The Hall–Kier alpha value is -2.16. The van der Waals surface area contributed by atoms with Crippen molar-refractivity contribution in [3.05, 3.63) is 0 Å². The Morgan fingerprint density at radius 1 is 1.05 bits per heavy atom. The van der Waals surface area contributed by atoms with E-state index >= 15 is 0 Å². The van der Waals surface area contributed by atoms with Gasteiger partial charge in [-0.25, -0.2) is 4.79 Å². The number of primary amides is 1. The zero-order chi connectivity index (χ0) is 17.4. The molecule has 0 aliphatic rings. The molecule has 0 aromatic rings. The first-order valence-electron chi connectivity index (χ1n) is 6.93. The minimum absolute atomic E-state index is 0.0381. The van der Waals surface area contributed by atoms with Crippen LogP contribution in [0.15, 0.2) is 0 Å². The van der Waals surface area contributed by atoms with E-state index in [0.29, 0.717) is 0 Å². The molecule has 9 nitrogen and oxygen atoms in total. The van der Waals surface area contributed by atoms with E-state index in [1.165, 1.54) is 6.92 Å². The van der Waals surface area contributed by atoms with Gasteiger partial charge in [0.15, 0.2) is 0 Å². The van der Waals surface area contributed by atoms with Crippen molar-refractivity contribution in [2.24, 2.45) is 17.4 Å². The molecule has 126 valence electrons. The van der Waals surface area contributed by atoms with Gasteiger partial charge in [-0.15, -0.1) is 0 Å². The third-order valence-electron chi connectivity index (χ3n) is 3.02. The second kappa shape index (κ2) is 8.98. The summed E-state index contributed by atoms with van der Waals surface area (Å²) in [5, 5.41) is 13.7. The molecule has 0 aromatic heterocycles. The van der Waals surface area contributed by atoms with Gasteiger partial charge < -0.3 is 27.2 Å². The van der Waals surface area contributed by atoms with Crippen molar-refractivity contribution in [2.45, 2.75) is 51.7 Å². The molecule has 0 aliphatic carbocycles. The van der Waals surface area contributed by atoms with Gasteiger partial charge in [0.05, 0.1) is 6.04 Å². The second-order valence-corrected chi connectivity index (χ2v) is 5.41. The Balaban J connectivity index is 4.48. The van der Waals surface area contributed by atoms with Crippen LogP contribution in [-0.4, -0.2) is 46.9 Å². The first-order valence-corrected chi connectivity index (χ1v) is 6.93. The van der Waals surface area contributed by atoms with Gasteiger partial charge >= 0.3 is 5.97 Å². The maximum atomic E-state index is 11.9. The number of hydrogen-bond donors (Lipinski definition) is 5. The fourth-order valence-corrected chi connectivity index (χ4v) is 1.61. The van der Waals surface area contributed by atoms with Crippen molar-refractivity contribution in [3.8, 4) is 0 Å². The lowest BCUT2D eigenvalue weighted by Gasteiger charge is -2.22. The fourth-order valence-electron chi connectivity index (χ4n) is 1.61. The highest BCUT2D eigenvalue weighted by Gasteiger charge is 2.27. The van der Waals surface area contributed by atoms with E-state index in [1.807, 2.05) is 0 Å². The molecule has 0 saturated heterocycles. The van der Waals surface area contributed by atoms with E-state index < -0.39 is 41.8 Å². The summed E-state index contributed by atoms with van der Waals surface area (Å²) < 4.78 is 0. The van der Waals surface area contributed by atoms with Crippen LogP contribution in [0.3, 0.4) is 0 Å². The summed E-state index contributed by atoms with van der Waals surface area (Å²) in [7, 11) is 0. The predicted octanol–water partition coefficient (Wildman–Crippen LogP) is -1.69. The number of carboxylic acid groups (broad SMARTS) is 1. The molecule has 3 amide bonds. The highest BCUT2D eigenvalue weighted by molar-refractivity contribution is 5.91. The van der Waals surface area contributed by atoms with Crippen LogP contribution in [0.4, 0.5) is 0 Å². The van der Waals surface area contributed by atoms with E-state index in [4.69, 9.17) is 16.6 Å². The highest BCUT2D eigenvalue weighted by Crippen LogP contribution is 2.02. The van der Waals surface area contributed by atoms with Gasteiger partial charge in [-0.2, -0.15) is 0 Å². The molecular weight excluding hydrogens is 292 g/mol. The fraction of sp³-hybridized carbons (Fsp3) is 0.692. The predicted molar refractivity (Wildman–Crippen MR) is 78.4 cm³/mol. The van der Waals surface area contributed by atoms with Gasteiger partial charge in [0.25, 0.3) is 0 Å². The number of carboxylic acids is 1. The molecule has 9 heteroatoms. The Kier molecular flexibility index (Phi) is 8.10. The van der Waals surface area contributed by atoms with Crippen LogP contribution in [0.1, 0.15) is 33.6 Å². The van der Waals surface area contributed by atoms with Crippen molar-refractivity contribution in [3.63, 3.8) is 0 Å². The normalized spacial score (nSPS) is 14.8. The van der Waals surface area contributed by atoms with Crippen LogP contribution in [-0.2, 0) is 19.2 Å². The van der Waals surface area contributed by atoms with Gasteiger partial charge in [-0.1, -0.05) is 13.8 Å². The zero-order valence-corrected chi connectivity index (χ0v) is 13.0. The van der Waals surface area contributed by atoms with Gasteiger partial charge in [0.2, 0.25) is 17.7 Å². The molecule has 0 radical (unpaired) electrons. The molecule has 0 saturated carbocycles. The number of amides is 3. The molecule has 0 rings (SSSR count). The first-order chi connectivity index (χ1) is 10.1. The molecule has 0 heterocycles. The quantitative estimate of drug-likeness (QED) is 0.340. The lowest BCUT2D eigenvalue weighted by molar-refractivity contribution is -0.143. The number of hydrogen-bond acceptors (Lipinski definition) is 5. The smallest absolute Gasteiger partial charge is 0.326 e. The summed E-state index contributed by atoms with van der Waals surface area (Å²) in [5.41, 5.74) is 10.5. The number of rotatable bonds is 9. The molecular formula is C13H24N4O5. The lowest BCUT2D eigenvalue weighted by Crippen LogP contribution is -2.54. The number of carbonyl (C=O) groups excluding carboxylic acids is 3.